The number of pyridine rings is 1. The summed E-state index contributed by atoms with van der Waals surface area (Å²) in [6.45, 7) is 6.25. The lowest BCUT2D eigenvalue weighted by Crippen LogP contribution is -2.37. The van der Waals surface area contributed by atoms with E-state index < -0.39 is 0 Å². The average Bonchev–Trinajstić information content (AvgIpc) is 2.88. The average molecular weight is 340 g/mol. The molecular weight excluding hydrogens is 312 g/mol. The van der Waals surface area contributed by atoms with Gasteiger partial charge in [0.2, 0.25) is 5.91 Å². The van der Waals surface area contributed by atoms with Crippen LogP contribution in [-0.2, 0) is 4.79 Å². The minimum Gasteiger partial charge on any atom is -0.376 e. The molecule has 1 aromatic carbocycles. The Bertz CT molecular complexity index is 708. The zero-order chi connectivity index (χ0) is 17.5. The lowest BCUT2D eigenvalue weighted by molar-refractivity contribution is -0.119. The van der Waals surface area contributed by atoms with Gasteiger partial charge in [0.05, 0.1) is 12.1 Å². The number of rotatable bonds is 6. The van der Waals surface area contributed by atoms with Gasteiger partial charge in [0.25, 0.3) is 0 Å². The zero-order valence-corrected chi connectivity index (χ0v) is 15.1. The van der Waals surface area contributed by atoms with Crippen LogP contribution >= 0.6 is 0 Å². The van der Waals surface area contributed by atoms with Crippen molar-refractivity contribution in [3.63, 3.8) is 0 Å². The lowest BCUT2D eigenvalue weighted by atomic mass is 10.1. The number of anilines is 1. The van der Waals surface area contributed by atoms with Crippen LogP contribution in [-0.4, -0.2) is 48.5 Å². The van der Waals surface area contributed by atoms with Gasteiger partial charge < -0.3 is 15.5 Å². The van der Waals surface area contributed by atoms with Gasteiger partial charge in [-0.3, -0.25) is 9.78 Å². The van der Waals surface area contributed by atoms with Crippen LogP contribution in [0.25, 0.3) is 10.9 Å². The summed E-state index contributed by atoms with van der Waals surface area (Å²) in [6, 6.07) is 9.99. The normalized spacial score (nSPS) is 15.7. The van der Waals surface area contributed by atoms with Crippen molar-refractivity contribution in [3.8, 4) is 0 Å². The molecule has 3 rings (SSSR count). The molecule has 0 saturated carbocycles. The third kappa shape index (κ3) is 5.16. The van der Waals surface area contributed by atoms with E-state index >= 15 is 0 Å². The van der Waals surface area contributed by atoms with Crippen LogP contribution in [0.5, 0.6) is 0 Å². The summed E-state index contributed by atoms with van der Waals surface area (Å²) in [5.41, 5.74) is 2.86. The Balaban J connectivity index is 1.47. The van der Waals surface area contributed by atoms with Crippen molar-refractivity contribution in [1.29, 1.82) is 0 Å². The number of nitrogens with one attached hydrogen (secondary N) is 2. The van der Waals surface area contributed by atoms with Crippen LogP contribution in [0.1, 0.15) is 31.4 Å². The number of aromatic nitrogens is 1. The molecule has 2 aromatic rings. The van der Waals surface area contributed by atoms with E-state index in [-0.39, 0.29) is 12.5 Å². The van der Waals surface area contributed by atoms with Crippen LogP contribution in [0.2, 0.25) is 0 Å². The topological polar surface area (TPSA) is 57.3 Å². The fourth-order valence-electron chi connectivity index (χ4n) is 3.41. The number of amides is 1. The number of nitrogens with zero attached hydrogens (tertiary/aromatic N) is 2. The molecular formula is C20H28N4O. The minimum atomic E-state index is 0.0355. The van der Waals surface area contributed by atoms with Gasteiger partial charge >= 0.3 is 0 Å². The Hall–Kier alpha value is -2.14. The molecule has 2 heterocycles. The monoisotopic (exact) mass is 340 g/mol. The number of aryl methyl sites for hydroxylation is 1. The largest absolute Gasteiger partial charge is 0.376 e. The van der Waals surface area contributed by atoms with Crippen molar-refractivity contribution in [2.45, 2.75) is 32.6 Å². The summed E-state index contributed by atoms with van der Waals surface area (Å²) in [7, 11) is 0. The number of fused-ring (bicyclic) bond motifs is 1. The first-order valence-corrected chi connectivity index (χ1v) is 9.32. The van der Waals surface area contributed by atoms with Crippen LogP contribution < -0.4 is 10.6 Å². The molecule has 1 aromatic heterocycles. The van der Waals surface area contributed by atoms with Crippen LogP contribution in [0.4, 0.5) is 5.69 Å². The lowest BCUT2D eigenvalue weighted by Gasteiger charge is -2.19. The quantitative estimate of drug-likeness (QED) is 0.849. The molecule has 0 aliphatic carbocycles. The second kappa shape index (κ2) is 8.81. The first-order valence-electron chi connectivity index (χ1n) is 9.32. The van der Waals surface area contributed by atoms with Crippen molar-refractivity contribution in [2.24, 2.45) is 0 Å². The van der Waals surface area contributed by atoms with Crippen LogP contribution in [0.3, 0.4) is 0 Å². The summed E-state index contributed by atoms with van der Waals surface area (Å²) in [4.78, 5) is 19.1. The van der Waals surface area contributed by atoms with Gasteiger partial charge in [0.1, 0.15) is 0 Å². The van der Waals surface area contributed by atoms with Crippen molar-refractivity contribution < 1.29 is 4.79 Å². The molecule has 1 amide bonds. The molecule has 0 atom stereocenters. The Kier molecular flexibility index (Phi) is 6.23. The highest BCUT2D eigenvalue weighted by atomic mass is 16.1. The van der Waals surface area contributed by atoms with Crippen molar-refractivity contribution in [1.82, 2.24) is 15.2 Å². The van der Waals surface area contributed by atoms with Gasteiger partial charge in [-0.25, -0.2) is 0 Å². The van der Waals surface area contributed by atoms with Gasteiger partial charge in [0, 0.05) is 29.9 Å². The molecule has 5 heteroatoms. The molecule has 1 saturated heterocycles. The number of benzene rings is 1. The molecule has 0 spiro atoms. The number of likely N-dealkylation sites (tertiary alicyclic amines) is 1. The molecule has 1 fully saturated rings. The smallest absolute Gasteiger partial charge is 0.239 e. The number of para-hydroxylation sites is 1. The van der Waals surface area contributed by atoms with Crippen molar-refractivity contribution in [3.05, 3.63) is 36.0 Å². The molecule has 1 aliphatic rings. The third-order valence-corrected chi connectivity index (χ3v) is 4.73. The summed E-state index contributed by atoms with van der Waals surface area (Å²) in [6.07, 6.45) is 5.24. The van der Waals surface area contributed by atoms with Gasteiger partial charge in [-0.2, -0.15) is 0 Å². The summed E-state index contributed by atoms with van der Waals surface area (Å²) in [5, 5.41) is 7.33. The molecule has 1 aliphatic heterocycles. The van der Waals surface area contributed by atoms with Gasteiger partial charge in [-0.1, -0.05) is 31.0 Å². The Morgan fingerprint density at radius 3 is 2.72 bits per heavy atom. The fourth-order valence-corrected chi connectivity index (χ4v) is 3.41. The second-order valence-corrected chi connectivity index (χ2v) is 6.79. The first-order chi connectivity index (χ1) is 12.2. The predicted molar refractivity (Wildman–Crippen MR) is 103 cm³/mol. The minimum absolute atomic E-state index is 0.0355. The van der Waals surface area contributed by atoms with E-state index in [1.807, 2.05) is 37.3 Å². The van der Waals surface area contributed by atoms with E-state index in [4.69, 9.17) is 0 Å². The van der Waals surface area contributed by atoms with Gasteiger partial charge in [0.15, 0.2) is 0 Å². The molecule has 2 N–H and O–H groups in total. The van der Waals surface area contributed by atoms with E-state index in [0.29, 0.717) is 0 Å². The van der Waals surface area contributed by atoms with Gasteiger partial charge in [-0.05, 0) is 45.0 Å². The van der Waals surface area contributed by atoms with Crippen molar-refractivity contribution in [2.75, 3.05) is 38.0 Å². The molecule has 134 valence electrons. The van der Waals surface area contributed by atoms with E-state index in [9.17, 15) is 4.79 Å². The number of hydrogen-bond donors (Lipinski definition) is 2. The zero-order valence-electron chi connectivity index (χ0n) is 15.1. The number of carbonyl (C=O) groups excluding carboxylic acids is 1. The number of hydrogen-bond acceptors (Lipinski definition) is 4. The summed E-state index contributed by atoms with van der Waals surface area (Å²) >= 11 is 0. The van der Waals surface area contributed by atoms with E-state index in [2.05, 4.69) is 20.5 Å². The third-order valence-electron chi connectivity index (χ3n) is 4.73. The summed E-state index contributed by atoms with van der Waals surface area (Å²) < 4.78 is 0. The van der Waals surface area contributed by atoms with Gasteiger partial charge in [-0.15, -0.1) is 0 Å². The van der Waals surface area contributed by atoms with Crippen LogP contribution in [0.15, 0.2) is 30.3 Å². The first kappa shape index (κ1) is 17.7. The maximum absolute atomic E-state index is 12.1. The SMILES string of the molecule is Cc1cc(NCC(=O)NCCN2CCCCCC2)c2ccccc2n1. The Morgan fingerprint density at radius 1 is 1.16 bits per heavy atom. The molecule has 0 bridgehead atoms. The Labute approximate surface area is 149 Å². The summed E-state index contributed by atoms with van der Waals surface area (Å²) in [5.74, 6) is 0.0355. The molecule has 0 radical (unpaired) electrons. The predicted octanol–water partition coefficient (Wildman–Crippen LogP) is 2.95. The van der Waals surface area contributed by atoms with E-state index in [1.54, 1.807) is 0 Å². The Morgan fingerprint density at radius 2 is 1.92 bits per heavy atom. The highest BCUT2D eigenvalue weighted by molar-refractivity contribution is 5.93. The van der Waals surface area contributed by atoms with E-state index in [1.165, 1.54) is 25.7 Å². The molecule has 5 nitrogen and oxygen atoms in total. The molecule has 25 heavy (non-hydrogen) atoms. The highest BCUT2D eigenvalue weighted by Gasteiger charge is 2.09. The standard InChI is InChI=1S/C20H28N4O/c1-16-14-19(17-8-4-5-9-18(17)23-16)22-15-20(25)21-10-13-24-11-6-2-3-7-12-24/h4-5,8-9,14H,2-3,6-7,10-13,15H2,1H3,(H,21,25)(H,22,23). The maximum Gasteiger partial charge on any atom is 0.239 e. The highest BCUT2D eigenvalue weighted by Crippen LogP contribution is 2.22. The fraction of sp³-hybridized carbons (Fsp3) is 0.500. The van der Waals surface area contributed by atoms with E-state index in [0.717, 1.165) is 48.5 Å². The molecule has 0 unspecified atom stereocenters. The number of carbonyl (C=O) groups is 1. The van der Waals surface area contributed by atoms with Crippen LogP contribution in [0, 0.1) is 6.92 Å². The second-order valence-electron chi connectivity index (χ2n) is 6.79. The van der Waals surface area contributed by atoms with Crippen molar-refractivity contribution >= 4 is 22.5 Å². The maximum atomic E-state index is 12.1.